The van der Waals surface area contributed by atoms with E-state index in [1.807, 2.05) is 0 Å². The van der Waals surface area contributed by atoms with Crippen LogP contribution in [0.4, 0.5) is 16.2 Å². The van der Waals surface area contributed by atoms with Crippen molar-refractivity contribution in [3.8, 4) is 0 Å². The van der Waals surface area contributed by atoms with Gasteiger partial charge in [-0.3, -0.25) is 14.9 Å². The summed E-state index contributed by atoms with van der Waals surface area (Å²) >= 11 is 0. The van der Waals surface area contributed by atoms with E-state index in [0.717, 1.165) is 0 Å². The van der Waals surface area contributed by atoms with Crippen molar-refractivity contribution in [3.63, 3.8) is 0 Å². The van der Waals surface area contributed by atoms with Gasteiger partial charge in [-0.2, -0.15) is 0 Å². The molecule has 5 N–H and O–H groups in total. The van der Waals surface area contributed by atoms with Crippen LogP contribution in [0, 0.1) is 10.1 Å². The molecule has 0 aliphatic heterocycles. The first-order chi connectivity index (χ1) is 8.90. The number of nitro benzene ring substituents is 1. The molecular formula is C10H13ClN4O5. The van der Waals surface area contributed by atoms with E-state index in [9.17, 15) is 19.7 Å². The fraction of sp³-hybridized carbons (Fsp3) is 0.200. The molecule has 0 aliphatic carbocycles. The van der Waals surface area contributed by atoms with Crippen LogP contribution in [0.15, 0.2) is 24.3 Å². The summed E-state index contributed by atoms with van der Waals surface area (Å²) in [6.07, 6.45) is 0. The van der Waals surface area contributed by atoms with E-state index in [2.05, 4.69) is 10.6 Å². The third-order valence-electron chi connectivity index (χ3n) is 2.14. The van der Waals surface area contributed by atoms with Gasteiger partial charge in [0.15, 0.2) is 0 Å². The zero-order valence-electron chi connectivity index (χ0n) is 10.1. The molecule has 0 radical (unpaired) electrons. The average molecular weight is 305 g/mol. The molecule has 0 saturated carbocycles. The standard InChI is InChI=1S/C10H12N4O5.ClH/c11-8(9(15)16)5-12-10(17)13-6-1-3-7(4-2-6)14(18)19;/h1-4,8H,5,11H2,(H,15,16)(H2,12,13,17);1H/t8-;/m0./s1. The smallest absolute Gasteiger partial charge is 0.322 e. The van der Waals surface area contributed by atoms with E-state index in [4.69, 9.17) is 10.8 Å². The fourth-order valence-corrected chi connectivity index (χ4v) is 1.13. The Balaban J connectivity index is 0.00000361. The van der Waals surface area contributed by atoms with E-state index >= 15 is 0 Å². The predicted molar refractivity (Wildman–Crippen MR) is 73.0 cm³/mol. The van der Waals surface area contributed by atoms with Gasteiger partial charge >= 0.3 is 12.0 Å². The van der Waals surface area contributed by atoms with Gasteiger partial charge in [-0.05, 0) is 12.1 Å². The molecule has 0 saturated heterocycles. The highest BCUT2D eigenvalue weighted by atomic mass is 35.5. The molecule has 1 aromatic rings. The number of halogens is 1. The number of non-ortho nitro benzene ring substituents is 1. The molecule has 9 nitrogen and oxygen atoms in total. The Morgan fingerprint density at radius 3 is 2.35 bits per heavy atom. The number of hydrogen-bond acceptors (Lipinski definition) is 5. The van der Waals surface area contributed by atoms with Gasteiger partial charge in [0, 0.05) is 24.4 Å². The van der Waals surface area contributed by atoms with Crippen molar-refractivity contribution in [2.24, 2.45) is 5.73 Å². The lowest BCUT2D eigenvalue weighted by Crippen LogP contribution is -2.43. The Bertz CT molecular complexity index is 493. The van der Waals surface area contributed by atoms with Crippen LogP contribution < -0.4 is 16.4 Å². The molecule has 0 fully saturated rings. The van der Waals surface area contributed by atoms with Gasteiger partial charge < -0.3 is 21.5 Å². The number of amides is 2. The Kier molecular flexibility index (Phi) is 6.97. The number of benzene rings is 1. The molecule has 0 heterocycles. The molecule has 0 unspecified atom stereocenters. The maximum absolute atomic E-state index is 11.4. The molecular weight excluding hydrogens is 292 g/mol. The number of carbonyl (C=O) groups excluding carboxylic acids is 1. The summed E-state index contributed by atoms with van der Waals surface area (Å²) in [4.78, 5) is 31.6. The minimum absolute atomic E-state index is 0. The first-order valence-electron chi connectivity index (χ1n) is 5.18. The van der Waals surface area contributed by atoms with Crippen LogP contribution in [0.3, 0.4) is 0 Å². The molecule has 110 valence electrons. The van der Waals surface area contributed by atoms with Crippen molar-refractivity contribution in [2.75, 3.05) is 11.9 Å². The minimum Gasteiger partial charge on any atom is -0.480 e. The van der Waals surface area contributed by atoms with Gasteiger partial charge in [-0.1, -0.05) is 0 Å². The number of rotatable bonds is 5. The summed E-state index contributed by atoms with van der Waals surface area (Å²) in [7, 11) is 0. The number of aliphatic carboxylic acids is 1. The van der Waals surface area contributed by atoms with Crippen LogP contribution in [-0.2, 0) is 4.79 Å². The van der Waals surface area contributed by atoms with Crippen molar-refractivity contribution in [1.82, 2.24) is 5.32 Å². The van der Waals surface area contributed by atoms with Crippen molar-refractivity contribution >= 4 is 35.8 Å². The molecule has 1 atom stereocenters. The molecule has 1 aromatic carbocycles. The molecule has 0 spiro atoms. The first kappa shape index (κ1) is 17.6. The summed E-state index contributed by atoms with van der Waals surface area (Å²) in [5.74, 6) is -1.23. The minimum atomic E-state index is -1.23. The fourth-order valence-electron chi connectivity index (χ4n) is 1.13. The quantitative estimate of drug-likeness (QED) is 0.461. The molecule has 0 aliphatic rings. The number of nitrogens with one attached hydrogen (secondary N) is 2. The summed E-state index contributed by atoms with van der Waals surface area (Å²) in [6.45, 7) is -0.228. The number of hydrogen-bond donors (Lipinski definition) is 4. The topological polar surface area (TPSA) is 148 Å². The Hall–Kier alpha value is -2.39. The normalized spacial score (nSPS) is 10.8. The monoisotopic (exact) mass is 304 g/mol. The highest BCUT2D eigenvalue weighted by molar-refractivity contribution is 5.89. The van der Waals surface area contributed by atoms with Crippen LogP contribution in [-0.4, -0.2) is 34.6 Å². The lowest BCUT2D eigenvalue weighted by molar-refractivity contribution is -0.384. The summed E-state index contributed by atoms with van der Waals surface area (Å²) in [5, 5.41) is 23.6. The number of nitro groups is 1. The van der Waals surface area contributed by atoms with Crippen LogP contribution in [0.25, 0.3) is 0 Å². The zero-order valence-corrected chi connectivity index (χ0v) is 10.9. The van der Waals surface area contributed by atoms with E-state index in [0.29, 0.717) is 5.69 Å². The van der Waals surface area contributed by atoms with Gasteiger partial charge in [0.2, 0.25) is 0 Å². The number of urea groups is 1. The van der Waals surface area contributed by atoms with Gasteiger partial charge in [-0.15, -0.1) is 12.4 Å². The van der Waals surface area contributed by atoms with Gasteiger partial charge in [-0.25, -0.2) is 4.79 Å². The van der Waals surface area contributed by atoms with E-state index in [1.165, 1.54) is 24.3 Å². The maximum Gasteiger partial charge on any atom is 0.322 e. The van der Waals surface area contributed by atoms with Crippen molar-refractivity contribution in [3.05, 3.63) is 34.4 Å². The van der Waals surface area contributed by atoms with Crippen LogP contribution in [0.2, 0.25) is 0 Å². The number of nitrogens with zero attached hydrogens (tertiary/aromatic N) is 1. The Labute approximate surface area is 119 Å². The molecule has 1 rings (SSSR count). The number of carboxylic acids is 1. The first-order valence-corrected chi connectivity index (χ1v) is 5.18. The molecule has 0 bridgehead atoms. The maximum atomic E-state index is 11.4. The van der Waals surface area contributed by atoms with Gasteiger partial charge in [0.25, 0.3) is 5.69 Å². The highest BCUT2D eigenvalue weighted by Gasteiger charge is 2.12. The van der Waals surface area contributed by atoms with Crippen LogP contribution in [0.5, 0.6) is 0 Å². The lowest BCUT2D eigenvalue weighted by Gasteiger charge is -2.09. The summed E-state index contributed by atoms with van der Waals surface area (Å²) in [6, 6.07) is 3.34. The Morgan fingerprint density at radius 2 is 1.90 bits per heavy atom. The SMILES string of the molecule is Cl.N[C@@H](CNC(=O)Nc1ccc([N+](=O)[O-])cc1)C(=O)O. The predicted octanol–water partition coefficient (Wildman–Crippen LogP) is 0.550. The second kappa shape index (κ2) is 7.92. The highest BCUT2D eigenvalue weighted by Crippen LogP contribution is 2.14. The molecule has 10 heteroatoms. The number of anilines is 1. The van der Waals surface area contributed by atoms with Crippen molar-refractivity contribution in [1.29, 1.82) is 0 Å². The second-order valence-electron chi connectivity index (χ2n) is 3.58. The number of nitrogens with two attached hydrogens (primary N) is 1. The van der Waals surface area contributed by atoms with Gasteiger partial charge in [0.05, 0.1) is 4.92 Å². The third kappa shape index (κ3) is 5.50. The molecule has 20 heavy (non-hydrogen) atoms. The number of carboxylic acid groups (broad SMARTS) is 1. The largest absolute Gasteiger partial charge is 0.480 e. The second-order valence-corrected chi connectivity index (χ2v) is 3.58. The van der Waals surface area contributed by atoms with E-state index in [-0.39, 0.29) is 24.6 Å². The third-order valence-corrected chi connectivity index (χ3v) is 2.14. The molecule has 2 amide bonds. The van der Waals surface area contributed by atoms with Gasteiger partial charge in [0.1, 0.15) is 6.04 Å². The van der Waals surface area contributed by atoms with E-state index in [1.54, 1.807) is 0 Å². The van der Waals surface area contributed by atoms with E-state index < -0.39 is 23.0 Å². The average Bonchev–Trinajstić information content (AvgIpc) is 2.36. The van der Waals surface area contributed by atoms with Crippen molar-refractivity contribution in [2.45, 2.75) is 6.04 Å². The van der Waals surface area contributed by atoms with Crippen LogP contribution >= 0.6 is 12.4 Å². The molecule has 0 aromatic heterocycles. The summed E-state index contributed by atoms with van der Waals surface area (Å²) < 4.78 is 0. The number of carbonyl (C=O) groups is 2. The zero-order chi connectivity index (χ0) is 14.4. The van der Waals surface area contributed by atoms with Crippen LogP contribution in [0.1, 0.15) is 0 Å². The lowest BCUT2D eigenvalue weighted by atomic mass is 10.3. The van der Waals surface area contributed by atoms with Crippen molar-refractivity contribution < 1.29 is 19.6 Å². The summed E-state index contributed by atoms with van der Waals surface area (Å²) in [5.41, 5.74) is 5.44. The Morgan fingerprint density at radius 1 is 1.35 bits per heavy atom.